The van der Waals surface area contributed by atoms with E-state index in [4.69, 9.17) is 5.73 Å². The lowest BCUT2D eigenvalue weighted by Gasteiger charge is -2.39. The van der Waals surface area contributed by atoms with Gasteiger partial charge in [-0.2, -0.15) is 0 Å². The van der Waals surface area contributed by atoms with Gasteiger partial charge in [0.1, 0.15) is 0 Å². The molecule has 0 amide bonds. The fourth-order valence-electron chi connectivity index (χ4n) is 2.38. The minimum absolute atomic E-state index is 0.0910. The third-order valence-electron chi connectivity index (χ3n) is 3.67. The minimum atomic E-state index is -0.0910. The summed E-state index contributed by atoms with van der Waals surface area (Å²) in [4.78, 5) is 6.71. The fourth-order valence-corrected chi connectivity index (χ4v) is 2.38. The molecular formula is C14H29N3. The molecule has 1 fully saturated rings. The van der Waals surface area contributed by atoms with E-state index in [2.05, 4.69) is 51.6 Å². The summed E-state index contributed by atoms with van der Waals surface area (Å²) < 4.78 is 0. The molecule has 1 rings (SSSR count). The molecule has 3 nitrogen and oxygen atoms in total. The molecule has 1 saturated carbocycles. The highest BCUT2D eigenvalue weighted by atomic mass is 15.3. The van der Waals surface area contributed by atoms with Gasteiger partial charge in [0.25, 0.3) is 0 Å². The molecule has 0 saturated heterocycles. The Bertz CT molecular complexity index is 276. The van der Waals surface area contributed by atoms with Gasteiger partial charge in [-0.3, -0.25) is 0 Å². The number of guanidine groups is 1. The van der Waals surface area contributed by atoms with Crippen molar-refractivity contribution in [3.8, 4) is 0 Å². The smallest absolute Gasteiger partial charge is 0.191 e. The molecule has 1 aliphatic carbocycles. The van der Waals surface area contributed by atoms with Gasteiger partial charge < -0.3 is 10.6 Å². The zero-order chi connectivity index (χ0) is 13.3. The van der Waals surface area contributed by atoms with Crippen molar-refractivity contribution in [2.24, 2.45) is 16.1 Å². The molecule has 3 heteroatoms. The lowest BCUT2D eigenvalue weighted by molar-refractivity contribution is 0.168. The van der Waals surface area contributed by atoms with E-state index in [0.717, 1.165) is 0 Å². The topological polar surface area (TPSA) is 41.6 Å². The van der Waals surface area contributed by atoms with E-state index in [0.29, 0.717) is 17.4 Å². The number of aliphatic imine (C=N–C) groups is 1. The molecule has 2 N–H and O–H groups in total. The third-order valence-corrected chi connectivity index (χ3v) is 3.67. The molecular weight excluding hydrogens is 210 g/mol. The van der Waals surface area contributed by atoms with Gasteiger partial charge in [0.15, 0.2) is 5.96 Å². The molecule has 0 aromatic carbocycles. The van der Waals surface area contributed by atoms with Gasteiger partial charge >= 0.3 is 0 Å². The highest BCUT2D eigenvalue weighted by Gasteiger charge is 2.29. The van der Waals surface area contributed by atoms with E-state index in [1.165, 1.54) is 25.7 Å². The summed E-state index contributed by atoms with van der Waals surface area (Å²) in [5.74, 6) is 0.683. The molecule has 17 heavy (non-hydrogen) atoms. The average Bonchev–Trinajstić information content (AvgIpc) is 2.14. The second-order valence-electron chi connectivity index (χ2n) is 7.15. The molecule has 100 valence electrons. The normalized spacial score (nSPS) is 22.6. The molecule has 0 bridgehead atoms. The van der Waals surface area contributed by atoms with Crippen LogP contribution in [0.2, 0.25) is 0 Å². The Kier molecular flexibility index (Phi) is 4.11. The van der Waals surface area contributed by atoms with Crippen molar-refractivity contribution < 1.29 is 0 Å². The van der Waals surface area contributed by atoms with Crippen LogP contribution in [0.4, 0.5) is 0 Å². The van der Waals surface area contributed by atoms with Gasteiger partial charge in [-0.05, 0) is 51.9 Å². The van der Waals surface area contributed by atoms with Crippen molar-refractivity contribution >= 4 is 5.96 Å². The Morgan fingerprint density at radius 1 is 1.24 bits per heavy atom. The quantitative estimate of drug-likeness (QED) is 0.564. The second-order valence-corrected chi connectivity index (χ2v) is 7.15. The van der Waals surface area contributed by atoms with Crippen LogP contribution in [0.3, 0.4) is 0 Å². The summed E-state index contributed by atoms with van der Waals surface area (Å²) in [6, 6.07) is 0.564. The molecule has 0 aromatic heterocycles. The number of hydrogen-bond donors (Lipinski definition) is 1. The lowest BCUT2D eigenvalue weighted by atomic mass is 9.75. The maximum atomic E-state index is 6.08. The second kappa shape index (κ2) is 4.87. The van der Waals surface area contributed by atoms with Crippen LogP contribution in [0.25, 0.3) is 0 Å². The maximum Gasteiger partial charge on any atom is 0.191 e. The average molecular weight is 239 g/mol. The van der Waals surface area contributed by atoms with Crippen molar-refractivity contribution in [2.75, 3.05) is 7.05 Å². The highest BCUT2D eigenvalue weighted by Crippen LogP contribution is 2.36. The van der Waals surface area contributed by atoms with Crippen molar-refractivity contribution in [3.05, 3.63) is 0 Å². The summed E-state index contributed by atoms with van der Waals surface area (Å²) in [7, 11) is 2.08. The lowest BCUT2D eigenvalue weighted by Crippen LogP contribution is -2.45. The number of rotatable bonds is 1. The van der Waals surface area contributed by atoms with E-state index >= 15 is 0 Å². The van der Waals surface area contributed by atoms with E-state index < -0.39 is 0 Å². The van der Waals surface area contributed by atoms with Crippen LogP contribution in [-0.2, 0) is 0 Å². The van der Waals surface area contributed by atoms with Gasteiger partial charge in [0.05, 0.1) is 5.54 Å². The van der Waals surface area contributed by atoms with Gasteiger partial charge in [0, 0.05) is 13.1 Å². The first-order chi connectivity index (χ1) is 7.61. The number of hydrogen-bond acceptors (Lipinski definition) is 1. The fraction of sp³-hybridized carbons (Fsp3) is 0.929. The molecule has 0 unspecified atom stereocenters. The summed E-state index contributed by atoms with van der Waals surface area (Å²) >= 11 is 0. The van der Waals surface area contributed by atoms with Gasteiger partial charge in [-0.1, -0.05) is 13.8 Å². The summed E-state index contributed by atoms with van der Waals surface area (Å²) in [6.07, 6.45) is 5.02. The van der Waals surface area contributed by atoms with Crippen LogP contribution in [0.15, 0.2) is 4.99 Å². The van der Waals surface area contributed by atoms with Crippen LogP contribution in [0.5, 0.6) is 0 Å². The molecule has 0 heterocycles. The van der Waals surface area contributed by atoms with E-state index in [1.54, 1.807) is 0 Å². The summed E-state index contributed by atoms with van der Waals surface area (Å²) in [5.41, 5.74) is 6.49. The first-order valence-electron chi connectivity index (χ1n) is 6.69. The maximum absolute atomic E-state index is 6.08. The van der Waals surface area contributed by atoms with Crippen molar-refractivity contribution in [3.63, 3.8) is 0 Å². The van der Waals surface area contributed by atoms with Crippen LogP contribution in [0, 0.1) is 5.41 Å². The minimum Gasteiger partial charge on any atom is -0.370 e. The predicted octanol–water partition coefficient (Wildman–Crippen LogP) is 3.00. The Morgan fingerprint density at radius 2 is 1.71 bits per heavy atom. The predicted molar refractivity (Wildman–Crippen MR) is 75.2 cm³/mol. The Balaban J connectivity index is 2.60. The molecule has 0 atom stereocenters. The highest BCUT2D eigenvalue weighted by molar-refractivity contribution is 5.78. The first-order valence-corrected chi connectivity index (χ1v) is 6.69. The van der Waals surface area contributed by atoms with E-state index in [1.807, 2.05) is 0 Å². The first kappa shape index (κ1) is 14.3. The Hall–Kier alpha value is -0.730. The molecule has 0 aromatic rings. The van der Waals surface area contributed by atoms with Crippen LogP contribution >= 0.6 is 0 Å². The summed E-state index contributed by atoms with van der Waals surface area (Å²) in [6.45, 7) is 11.0. The third kappa shape index (κ3) is 4.57. The summed E-state index contributed by atoms with van der Waals surface area (Å²) in [5, 5.41) is 0. The molecule has 0 radical (unpaired) electrons. The van der Waals surface area contributed by atoms with Crippen molar-refractivity contribution in [1.82, 2.24) is 4.90 Å². The standard InChI is InChI=1S/C14H29N3/c1-13(2,3)16-12(15)17(6)11-7-9-14(4,5)10-8-11/h11H,7-10H2,1-6H3,(H2,15,16). The SMILES string of the molecule is CN(C(N)=NC(C)(C)C)C1CCC(C)(C)CC1. The van der Waals surface area contributed by atoms with Crippen molar-refractivity contribution in [1.29, 1.82) is 0 Å². The van der Waals surface area contributed by atoms with Crippen LogP contribution < -0.4 is 5.73 Å². The zero-order valence-corrected chi connectivity index (χ0v) is 12.4. The van der Waals surface area contributed by atoms with Gasteiger partial charge in [0.2, 0.25) is 0 Å². The molecule has 0 spiro atoms. The number of nitrogens with zero attached hydrogens (tertiary/aromatic N) is 2. The van der Waals surface area contributed by atoms with Gasteiger partial charge in [-0.15, -0.1) is 0 Å². The number of nitrogens with two attached hydrogens (primary N) is 1. The molecule has 0 aliphatic heterocycles. The van der Waals surface area contributed by atoms with E-state index in [-0.39, 0.29) is 5.54 Å². The Labute approximate surface area is 106 Å². The molecule has 1 aliphatic rings. The Morgan fingerprint density at radius 3 is 2.12 bits per heavy atom. The van der Waals surface area contributed by atoms with E-state index in [9.17, 15) is 0 Å². The van der Waals surface area contributed by atoms with Crippen LogP contribution in [-0.4, -0.2) is 29.5 Å². The monoisotopic (exact) mass is 239 g/mol. The zero-order valence-electron chi connectivity index (χ0n) is 12.4. The van der Waals surface area contributed by atoms with Crippen LogP contribution in [0.1, 0.15) is 60.3 Å². The van der Waals surface area contributed by atoms with Crippen molar-refractivity contribution in [2.45, 2.75) is 71.9 Å². The largest absolute Gasteiger partial charge is 0.370 e. The van der Waals surface area contributed by atoms with Gasteiger partial charge in [-0.25, -0.2) is 4.99 Å².